The van der Waals surface area contributed by atoms with Crippen LogP contribution in [-0.2, 0) is 11.2 Å². The summed E-state index contributed by atoms with van der Waals surface area (Å²) in [6.45, 7) is 5.41. The van der Waals surface area contributed by atoms with Gasteiger partial charge >= 0.3 is 0 Å². The molecular weight excluding hydrogens is 348 g/mol. The first-order valence-corrected chi connectivity index (χ1v) is 8.71. The minimum absolute atomic E-state index is 0.117. The number of amides is 1. The smallest absolute Gasteiger partial charge is 0.225 e. The number of nitrogens with zero attached hydrogens (tertiary/aromatic N) is 2. The highest BCUT2D eigenvalue weighted by Gasteiger charge is 2.18. The van der Waals surface area contributed by atoms with E-state index >= 15 is 0 Å². The summed E-state index contributed by atoms with van der Waals surface area (Å²) in [7, 11) is 0. The van der Waals surface area contributed by atoms with Gasteiger partial charge in [-0.25, -0.2) is 13.5 Å². The Morgan fingerprint density at radius 2 is 1.89 bits per heavy atom. The summed E-state index contributed by atoms with van der Waals surface area (Å²) in [4.78, 5) is 12.5. The van der Waals surface area contributed by atoms with Gasteiger partial charge in [-0.1, -0.05) is 24.3 Å². The Morgan fingerprint density at radius 1 is 1.15 bits per heavy atom. The predicted molar refractivity (Wildman–Crippen MR) is 99.7 cm³/mol. The lowest BCUT2D eigenvalue weighted by molar-refractivity contribution is -0.121. The van der Waals surface area contributed by atoms with Gasteiger partial charge in [-0.3, -0.25) is 4.79 Å². The number of carbonyl (C=O) groups is 1. The number of benzene rings is 2. The van der Waals surface area contributed by atoms with Crippen molar-refractivity contribution in [1.82, 2.24) is 15.1 Å². The zero-order valence-electron chi connectivity index (χ0n) is 15.5. The molecule has 1 aromatic heterocycles. The fraction of sp³-hybridized carbons (Fsp3) is 0.238. The molecule has 1 N–H and O–H groups in total. The number of hydrogen-bond acceptors (Lipinski definition) is 2. The second-order valence-corrected chi connectivity index (χ2v) is 6.53. The van der Waals surface area contributed by atoms with Crippen LogP contribution < -0.4 is 5.32 Å². The molecule has 0 bridgehead atoms. The second kappa shape index (κ2) is 7.70. The third-order valence-electron chi connectivity index (χ3n) is 4.59. The lowest BCUT2D eigenvalue weighted by Crippen LogP contribution is -2.28. The van der Waals surface area contributed by atoms with E-state index in [0.717, 1.165) is 5.56 Å². The van der Waals surface area contributed by atoms with Crippen LogP contribution in [0.5, 0.6) is 0 Å². The first kappa shape index (κ1) is 18.8. The average Bonchev–Trinajstić information content (AvgIpc) is 2.90. The van der Waals surface area contributed by atoms with Crippen molar-refractivity contribution in [2.75, 3.05) is 0 Å². The van der Waals surface area contributed by atoms with Crippen LogP contribution in [0.2, 0.25) is 0 Å². The molecule has 3 aromatic rings. The summed E-state index contributed by atoms with van der Waals surface area (Å²) in [5, 5.41) is 7.26. The number of hydrogen-bond donors (Lipinski definition) is 1. The summed E-state index contributed by atoms with van der Waals surface area (Å²) in [6.07, 6.45) is 0.117. The zero-order valence-corrected chi connectivity index (χ0v) is 15.5. The van der Waals surface area contributed by atoms with Crippen LogP contribution in [0.1, 0.15) is 35.5 Å². The molecule has 1 heterocycles. The summed E-state index contributed by atoms with van der Waals surface area (Å²) >= 11 is 0. The van der Waals surface area contributed by atoms with Gasteiger partial charge in [0.2, 0.25) is 5.91 Å². The van der Waals surface area contributed by atoms with Gasteiger partial charge in [0.05, 0.1) is 18.2 Å². The molecule has 0 aliphatic carbocycles. The van der Waals surface area contributed by atoms with E-state index < -0.39 is 0 Å². The lowest BCUT2D eigenvalue weighted by atomic mass is 10.1. The SMILES string of the molecule is Cc1nn(-c2ccccc2F)c(C)c1CC(=O)N[C@H](C)c1cccc(F)c1. The average molecular weight is 369 g/mol. The van der Waals surface area contributed by atoms with Crippen LogP contribution in [0.3, 0.4) is 0 Å². The maximum atomic E-state index is 14.1. The summed E-state index contributed by atoms with van der Waals surface area (Å²) in [5.74, 6) is -0.920. The Labute approximate surface area is 156 Å². The maximum Gasteiger partial charge on any atom is 0.225 e. The first-order chi connectivity index (χ1) is 12.9. The minimum Gasteiger partial charge on any atom is -0.349 e. The van der Waals surface area contributed by atoms with E-state index in [2.05, 4.69) is 10.4 Å². The molecule has 2 aromatic carbocycles. The van der Waals surface area contributed by atoms with E-state index in [4.69, 9.17) is 0 Å². The molecule has 1 atom stereocenters. The quantitative estimate of drug-likeness (QED) is 0.733. The Morgan fingerprint density at radius 3 is 2.59 bits per heavy atom. The van der Waals surface area contributed by atoms with E-state index in [-0.39, 0.29) is 30.0 Å². The molecule has 6 heteroatoms. The van der Waals surface area contributed by atoms with Gasteiger partial charge in [-0.15, -0.1) is 0 Å². The van der Waals surface area contributed by atoms with Gasteiger partial charge in [0, 0.05) is 11.3 Å². The van der Waals surface area contributed by atoms with Crippen molar-refractivity contribution >= 4 is 5.91 Å². The molecule has 0 radical (unpaired) electrons. The van der Waals surface area contributed by atoms with Crippen molar-refractivity contribution in [3.05, 3.63) is 82.7 Å². The standard InChI is InChI=1S/C21H21F2N3O/c1-13(16-7-6-8-17(22)11-16)24-21(27)12-18-14(2)25-26(15(18)3)20-10-5-4-9-19(20)23/h4-11,13H,12H2,1-3H3,(H,24,27)/t13-/m1/s1. The van der Waals surface area contributed by atoms with Gasteiger partial charge in [0.1, 0.15) is 17.3 Å². The molecule has 0 spiro atoms. The predicted octanol–water partition coefficient (Wildman–Crippen LogP) is 4.19. The normalized spacial score (nSPS) is 12.0. The fourth-order valence-electron chi connectivity index (χ4n) is 3.10. The largest absolute Gasteiger partial charge is 0.349 e. The highest BCUT2D eigenvalue weighted by molar-refractivity contribution is 5.79. The van der Waals surface area contributed by atoms with Crippen molar-refractivity contribution in [2.45, 2.75) is 33.2 Å². The van der Waals surface area contributed by atoms with Gasteiger partial charge in [-0.05, 0) is 50.6 Å². The molecule has 3 rings (SSSR count). The van der Waals surface area contributed by atoms with Crippen molar-refractivity contribution in [2.24, 2.45) is 0 Å². The highest BCUT2D eigenvalue weighted by Crippen LogP contribution is 2.21. The number of nitrogens with one attached hydrogen (secondary N) is 1. The molecule has 0 aliphatic heterocycles. The van der Waals surface area contributed by atoms with Crippen LogP contribution in [0.15, 0.2) is 48.5 Å². The fourth-order valence-corrected chi connectivity index (χ4v) is 3.10. The summed E-state index contributed by atoms with van der Waals surface area (Å²) in [5.41, 5.74) is 3.18. The van der Waals surface area contributed by atoms with Gasteiger partial charge in [-0.2, -0.15) is 5.10 Å². The second-order valence-electron chi connectivity index (χ2n) is 6.53. The van der Waals surface area contributed by atoms with Crippen LogP contribution in [0, 0.1) is 25.5 Å². The Hall–Kier alpha value is -3.02. The van der Waals surface area contributed by atoms with Gasteiger partial charge in [0.25, 0.3) is 0 Å². The van der Waals surface area contributed by atoms with Crippen LogP contribution in [0.25, 0.3) is 5.69 Å². The number of halogens is 2. The molecule has 0 fully saturated rings. The highest BCUT2D eigenvalue weighted by atomic mass is 19.1. The Balaban J connectivity index is 1.78. The van der Waals surface area contributed by atoms with Crippen molar-refractivity contribution in [3.8, 4) is 5.69 Å². The molecule has 4 nitrogen and oxygen atoms in total. The Bertz CT molecular complexity index is 981. The van der Waals surface area contributed by atoms with Crippen molar-refractivity contribution in [3.63, 3.8) is 0 Å². The van der Waals surface area contributed by atoms with Crippen molar-refractivity contribution < 1.29 is 13.6 Å². The number of aryl methyl sites for hydroxylation is 1. The number of carbonyl (C=O) groups excluding carboxylic acids is 1. The summed E-state index contributed by atoms with van der Waals surface area (Å²) < 4.78 is 29.0. The third kappa shape index (κ3) is 4.05. The van der Waals surface area contributed by atoms with Crippen LogP contribution in [-0.4, -0.2) is 15.7 Å². The molecule has 0 saturated carbocycles. The lowest BCUT2D eigenvalue weighted by Gasteiger charge is -2.14. The Kier molecular flexibility index (Phi) is 5.35. The first-order valence-electron chi connectivity index (χ1n) is 8.71. The maximum absolute atomic E-state index is 14.1. The molecule has 0 aliphatic rings. The molecular formula is C21H21F2N3O. The topological polar surface area (TPSA) is 46.9 Å². The van der Waals surface area contributed by atoms with Crippen LogP contribution >= 0.6 is 0 Å². The van der Waals surface area contributed by atoms with E-state index in [0.29, 0.717) is 22.6 Å². The van der Waals surface area contributed by atoms with Crippen molar-refractivity contribution in [1.29, 1.82) is 0 Å². The van der Waals surface area contributed by atoms with E-state index in [9.17, 15) is 13.6 Å². The van der Waals surface area contributed by atoms with E-state index in [1.807, 2.05) is 6.92 Å². The van der Waals surface area contributed by atoms with Crippen LogP contribution in [0.4, 0.5) is 8.78 Å². The molecule has 0 saturated heterocycles. The molecule has 1 amide bonds. The number of para-hydroxylation sites is 1. The monoisotopic (exact) mass is 369 g/mol. The summed E-state index contributed by atoms with van der Waals surface area (Å²) in [6, 6.07) is 12.2. The van der Waals surface area contributed by atoms with Gasteiger partial charge < -0.3 is 5.32 Å². The van der Waals surface area contributed by atoms with E-state index in [1.54, 1.807) is 44.2 Å². The van der Waals surface area contributed by atoms with E-state index in [1.165, 1.54) is 22.9 Å². The molecule has 140 valence electrons. The zero-order chi connectivity index (χ0) is 19.6. The third-order valence-corrected chi connectivity index (χ3v) is 4.59. The molecule has 27 heavy (non-hydrogen) atoms. The number of rotatable bonds is 5. The van der Waals surface area contributed by atoms with Gasteiger partial charge in [0.15, 0.2) is 0 Å². The minimum atomic E-state index is -0.376. The number of aromatic nitrogens is 2. The molecule has 0 unspecified atom stereocenters.